The molecule has 4 fully saturated rings. The molecule has 2 N–H and O–H groups in total. The van der Waals surface area contributed by atoms with Crippen LogP contribution in [0.4, 0.5) is 0 Å². The van der Waals surface area contributed by atoms with Crippen LogP contribution in [0.25, 0.3) is 0 Å². The molecule has 0 aliphatic heterocycles. The van der Waals surface area contributed by atoms with Crippen molar-refractivity contribution < 1.29 is 15.0 Å². The number of hydrogen-bond donors (Lipinski definition) is 2. The Bertz CT molecular complexity index is 646. The maximum atomic E-state index is 12.4. The summed E-state index contributed by atoms with van der Waals surface area (Å²) in [4.78, 5) is 12.4. The molecule has 0 aromatic rings. The zero-order valence-corrected chi connectivity index (χ0v) is 20.1. The molecule has 10 atom stereocenters. The standard InChI is InChI=1S/C27H46O3/c1-17(2)7-6-8-18(3)20-9-10-21-24-22(12-13-25(20,21)4)26(5)14-11-19(29)15-27(26,30)23(24)16-28/h16-24,29-30H,6-15H2,1-5H3/t18-,19+,20-,21?,22+,23-,24+,25-,26-,27-/m1/s1. The third kappa shape index (κ3) is 3.16. The van der Waals surface area contributed by atoms with Gasteiger partial charge in [-0.05, 0) is 79.4 Å². The van der Waals surface area contributed by atoms with Gasteiger partial charge in [0.2, 0.25) is 0 Å². The fraction of sp³-hybridized carbons (Fsp3) is 0.963. The number of fused-ring (bicyclic) bond motifs is 5. The minimum atomic E-state index is -1.02. The van der Waals surface area contributed by atoms with Crippen molar-refractivity contribution in [3.05, 3.63) is 0 Å². The van der Waals surface area contributed by atoms with Crippen molar-refractivity contribution in [3.8, 4) is 0 Å². The topological polar surface area (TPSA) is 57.5 Å². The lowest BCUT2D eigenvalue weighted by molar-refractivity contribution is -0.156. The molecule has 0 saturated heterocycles. The Morgan fingerprint density at radius 3 is 2.40 bits per heavy atom. The number of aliphatic hydroxyl groups excluding tert-OH is 1. The summed E-state index contributed by atoms with van der Waals surface area (Å²) in [5, 5.41) is 22.3. The van der Waals surface area contributed by atoms with Crippen LogP contribution in [0.3, 0.4) is 0 Å². The lowest BCUT2D eigenvalue weighted by Gasteiger charge is -2.52. The molecular weight excluding hydrogens is 372 g/mol. The molecular formula is C27H46O3. The summed E-state index contributed by atoms with van der Waals surface area (Å²) in [6.45, 7) is 11.9. The second kappa shape index (κ2) is 7.87. The molecule has 0 aromatic carbocycles. The van der Waals surface area contributed by atoms with Crippen LogP contribution in [-0.4, -0.2) is 28.2 Å². The minimum Gasteiger partial charge on any atom is -0.393 e. The van der Waals surface area contributed by atoms with Crippen LogP contribution >= 0.6 is 0 Å². The Balaban J connectivity index is 1.59. The van der Waals surface area contributed by atoms with Crippen molar-refractivity contribution >= 4 is 6.29 Å². The number of aldehydes is 1. The summed E-state index contributed by atoms with van der Waals surface area (Å²) < 4.78 is 0. The molecule has 4 rings (SSSR count). The summed E-state index contributed by atoms with van der Waals surface area (Å²) in [6, 6.07) is 0. The molecule has 4 saturated carbocycles. The Hall–Kier alpha value is -0.410. The highest BCUT2D eigenvalue weighted by molar-refractivity contribution is 5.59. The number of carbonyl (C=O) groups is 1. The smallest absolute Gasteiger partial charge is 0.126 e. The SMILES string of the molecule is CC(C)CCC[C@@H](C)[C@H]1CCC2[C@@H]3[C@@H](C=O)[C@]4(O)C[C@@H](O)CC[C@]4(C)[C@H]3CC[C@@]21C. The third-order valence-electron chi connectivity index (χ3n) is 11.0. The van der Waals surface area contributed by atoms with E-state index in [0.717, 1.165) is 43.3 Å². The largest absolute Gasteiger partial charge is 0.393 e. The van der Waals surface area contributed by atoms with Crippen LogP contribution in [0, 0.1) is 52.3 Å². The van der Waals surface area contributed by atoms with Crippen LogP contribution in [0.15, 0.2) is 0 Å². The van der Waals surface area contributed by atoms with Gasteiger partial charge in [-0.15, -0.1) is 0 Å². The highest BCUT2D eigenvalue weighted by Crippen LogP contribution is 2.72. The average molecular weight is 419 g/mol. The van der Waals surface area contributed by atoms with Gasteiger partial charge in [0.15, 0.2) is 0 Å². The maximum Gasteiger partial charge on any atom is 0.126 e. The van der Waals surface area contributed by atoms with Crippen LogP contribution in [0.2, 0.25) is 0 Å². The molecule has 3 nitrogen and oxygen atoms in total. The van der Waals surface area contributed by atoms with Crippen LogP contribution in [-0.2, 0) is 4.79 Å². The molecule has 3 heteroatoms. The van der Waals surface area contributed by atoms with Gasteiger partial charge in [0, 0.05) is 17.8 Å². The van der Waals surface area contributed by atoms with E-state index in [9.17, 15) is 15.0 Å². The zero-order valence-electron chi connectivity index (χ0n) is 20.1. The van der Waals surface area contributed by atoms with E-state index >= 15 is 0 Å². The molecule has 0 heterocycles. The summed E-state index contributed by atoms with van der Waals surface area (Å²) >= 11 is 0. The number of aliphatic hydroxyl groups is 2. The molecule has 0 amide bonds. The van der Waals surface area contributed by atoms with Gasteiger partial charge in [0.25, 0.3) is 0 Å². The van der Waals surface area contributed by atoms with Gasteiger partial charge in [-0.25, -0.2) is 0 Å². The molecule has 4 aliphatic carbocycles. The van der Waals surface area contributed by atoms with Gasteiger partial charge >= 0.3 is 0 Å². The van der Waals surface area contributed by atoms with Crippen molar-refractivity contribution in [2.45, 2.75) is 111 Å². The van der Waals surface area contributed by atoms with E-state index in [4.69, 9.17) is 0 Å². The summed E-state index contributed by atoms with van der Waals surface area (Å²) in [6.07, 6.45) is 11.5. The minimum absolute atomic E-state index is 0.217. The van der Waals surface area contributed by atoms with E-state index < -0.39 is 11.7 Å². The first kappa shape index (κ1) is 22.8. The molecule has 172 valence electrons. The number of hydrogen-bond acceptors (Lipinski definition) is 3. The van der Waals surface area contributed by atoms with Crippen molar-refractivity contribution in [2.75, 3.05) is 0 Å². The van der Waals surface area contributed by atoms with Crippen LogP contribution < -0.4 is 0 Å². The highest BCUT2D eigenvalue weighted by atomic mass is 16.3. The Morgan fingerprint density at radius 2 is 1.73 bits per heavy atom. The average Bonchev–Trinajstić information content (AvgIpc) is 3.11. The van der Waals surface area contributed by atoms with Gasteiger partial charge in [0.05, 0.1) is 11.7 Å². The molecule has 0 aromatic heterocycles. The maximum absolute atomic E-state index is 12.4. The van der Waals surface area contributed by atoms with E-state index in [2.05, 4.69) is 34.6 Å². The first-order chi connectivity index (χ1) is 14.1. The van der Waals surface area contributed by atoms with Gasteiger partial charge in [-0.3, -0.25) is 0 Å². The van der Waals surface area contributed by atoms with E-state index in [0.29, 0.717) is 29.6 Å². The zero-order chi connectivity index (χ0) is 21.9. The van der Waals surface area contributed by atoms with Crippen molar-refractivity contribution in [1.82, 2.24) is 0 Å². The molecule has 0 spiro atoms. The molecule has 0 bridgehead atoms. The van der Waals surface area contributed by atoms with Crippen molar-refractivity contribution in [3.63, 3.8) is 0 Å². The van der Waals surface area contributed by atoms with E-state index in [1.54, 1.807) is 0 Å². The predicted octanol–water partition coefficient (Wildman–Crippen LogP) is 5.62. The molecule has 0 radical (unpaired) electrons. The van der Waals surface area contributed by atoms with Gasteiger partial charge in [-0.1, -0.05) is 53.9 Å². The van der Waals surface area contributed by atoms with Crippen molar-refractivity contribution in [1.29, 1.82) is 0 Å². The van der Waals surface area contributed by atoms with Gasteiger partial charge in [-0.2, -0.15) is 0 Å². The molecule has 4 aliphatic rings. The fourth-order valence-electron chi connectivity index (χ4n) is 9.39. The summed E-state index contributed by atoms with van der Waals surface area (Å²) in [7, 11) is 0. The Kier molecular flexibility index (Phi) is 5.97. The highest BCUT2D eigenvalue weighted by Gasteiger charge is 2.72. The quantitative estimate of drug-likeness (QED) is 0.551. The van der Waals surface area contributed by atoms with Gasteiger partial charge in [0.1, 0.15) is 6.29 Å². The monoisotopic (exact) mass is 418 g/mol. The van der Waals surface area contributed by atoms with E-state index in [-0.39, 0.29) is 11.3 Å². The van der Waals surface area contributed by atoms with Crippen LogP contribution in [0.5, 0.6) is 0 Å². The lowest BCUT2D eigenvalue weighted by atomic mass is 9.53. The Labute approximate surface area is 184 Å². The van der Waals surface area contributed by atoms with Gasteiger partial charge < -0.3 is 15.0 Å². The van der Waals surface area contributed by atoms with E-state index in [1.165, 1.54) is 38.5 Å². The number of rotatable bonds is 6. The normalized spacial score (nSPS) is 51.3. The first-order valence-corrected chi connectivity index (χ1v) is 12.9. The second-order valence-electron chi connectivity index (χ2n) is 12.7. The third-order valence-corrected chi connectivity index (χ3v) is 11.0. The first-order valence-electron chi connectivity index (χ1n) is 12.9. The summed E-state index contributed by atoms with van der Waals surface area (Å²) in [5.41, 5.74) is -0.933. The predicted molar refractivity (Wildman–Crippen MR) is 121 cm³/mol. The molecule has 30 heavy (non-hydrogen) atoms. The van der Waals surface area contributed by atoms with Crippen molar-refractivity contribution in [2.24, 2.45) is 52.3 Å². The lowest BCUT2D eigenvalue weighted by Crippen LogP contribution is -2.54. The second-order valence-corrected chi connectivity index (χ2v) is 12.7. The van der Waals surface area contributed by atoms with E-state index in [1.807, 2.05) is 0 Å². The summed E-state index contributed by atoms with van der Waals surface area (Å²) in [5.74, 6) is 3.25. The molecule has 1 unspecified atom stereocenters. The van der Waals surface area contributed by atoms with Crippen LogP contribution in [0.1, 0.15) is 98.8 Å². The Morgan fingerprint density at radius 1 is 1.00 bits per heavy atom. The number of carbonyl (C=O) groups excluding carboxylic acids is 1. The fourth-order valence-corrected chi connectivity index (χ4v) is 9.39.